The van der Waals surface area contributed by atoms with Gasteiger partial charge in [-0.15, -0.1) is 0 Å². The van der Waals surface area contributed by atoms with Crippen molar-refractivity contribution in [2.75, 3.05) is 18.5 Å². The summed E-state index contributed by atoms with van der Waals surface area (Å²) in [6, 6.07) is 7.11. The number of benzene rings is 1. The largest absolute Gasteiger partial charge is 0.492 e. The van der Waals surface area contributed by atoms with Crippen LogP contribution >= 0.6 is 0 Å². The highest BCUT2D eigenvalue weighted by molar-refractivity contribution is 5.90. The second kappa shape index (κ2) is 7.94. The van der Waals surface area contributed by atoms with Crippen molar-refractivity contribution in [1.82, 2.24) is 10.5 Å². The molecule has 0 saturated heterocycles. The summed E-state index contributed by atoms with van der Waals surface area (Å²) in [6.45, 7) is 3.04. The third kappa shape index (κ3) is 4.83. The van der Waals surface area contributed by atoms with Crippen LogP contribution in [0.4, 0.5) is 10.5 Å². The molecule has 2 amide bonds. The van der Waals surface area contributed by atoms with E-state index < -0.39 is 0 Å². The molecule has 6 heteroatoms. The number of urea groups is 1. The fourth-order valence-electron chi connectivity index (χ4n) is 1.86. The Balaban J connectivity index is 1.74. The molecule has 0 atom stereocenters. The van der Waals surface area contributed by atoms with Crippen molar-refractivity contribution in [3.8, 4) is 5.75 Å². The summed E-state index contributed by atoms with van der Waals surface area (Å²) in [6.07, 6.45) is 4.93. The highest BCUT2D eigenvalue weighted by atomic mass is 16.5. The second-order valence-corrected chi connectivity index (χ2v) is 4.45. The molecule has 0 spiro atoms. The molecule has 0 aliphatic heterocycles. The first kappa shape index (κ1) is 14.9. The molecule has 1 aromatic heterocycles. The molecule has 0 radical (unpaired) electrons. The number of anilines is 1. The summed E-state index contributed by atoms with van der Waals surface area (Å²) in [7, 11) is 0. The van der Waals surface area contributed by atoms with Crippen LogP contribution in [0.2, 0.25) is 0 Å². The third-order valence-electron chi connectivity index (χ3n) is 2.85. The van der Waals surface area contributed by atoms with Gasteiger partial charge in [0.2, 0.25) is 0 Å². The fraction of sp³-hybridized carbons (Fsp3) is 0.333. The first-order valence-electron chi connectivity index (χ1n) is 6.94. The molecule has 1 heterocycles. The molecule has 0 aliphatic carbocycles. The Kier molecular flexibility index (Phi) is 5.63. The highest BCUT2D eigenvalue weighted by Crippen LogP contribution is 2.23. The summed E-state index contributed by atoms with van der Waals surface area (Å²) in [5.74, 6) is 0.666. The number of carbonyl (C=O) groups is 1. The Morgan fingerprint density at radius 1 is 1.38 bits per heavy atom. The van der Waals surface area contributed by atoms with Crippen molar-refractivity contribution in [2.45, 2.75) is 19.8 Å². The topological polar surface area (TPSA) is 76.4 Å². The standard InChI is InChI=1S/C15H19N3O3/c1-2-20-14-8-4-3-7-13(14)18-15(19)16-9-5-6-12-10-17-21-11-12/h3-4,7-8,10-11H,2,5-6,9H2,1H3,(H2,16,18,19). The van der Waals surface area contributed by atoms with Gasteiger partial charge >= 0.3 is 6.03 Å². The van der Waals surface area contributed by atoms with Crippen LogP contribution in [0.5, 0.6) is 5.75 Å². The quantitative estimate of drug-likeness (QED) is 0.768. The number of rotatable bonds is 7. The van der Waals surface area contributed by atoms with Gasteiger partial charge < -0.3 is 19.9 Å². The van der Waals surface area contributed by atoms with Crippen LogP contribution in [0.1, 0.15) is 18.9 Å². The van der Waals surface area contributed by atoms with Gasteiger partial charge in [0.05, 0.1) is 18.5 Å². The maximum absolute atomic E-state index is 11.8. The summed E-state index contributed by atoms with van der Waals surface area (Å²) in [5, 5.41) is 9.22. The molecule has 0 unspecified atom stereocenters. The zero-order chi connectivity index (χ0) is 14.9. The van der Waals surface area contributed by atoms with E-state index in [1.807, 2.05) is 31.2 Å². The first-order chi connectivity index (χ1) is 10.3. The molecule has 0 aliphatic rings. The zero-order valence-electron chi connectivity index (χ0n) is 12.0. The van der Waals surface area contributed by atoms with Crippen molar-refractivity contribution in [2.24, 2.45) is 0 Å². The maximum atomic E-state index is 11.8. The Morgan fingerprint density at radius 2 is 2.24 bits per heavy atom. The van der Waals surface area contributed by atoms with Gasteiger partial charge in [-0.05, 0) is 31.9 Å². The van der Waals surface area contributed by atoms with Crippen LogP contribution in [0.3, 0.4) is 0 Å². The Bertz CT molecular complexity index is 555. The van der Waals surface area contributed by atoms with Crippen molar-refractivity contribution in [3.63, 3.8) is 0 Å². The smallest absolute Gasteiger partial charge is 0.319 e. The average molecular weight is 289 g/mol. The molecule has 1 aromatic carbocycles. The summed E-state index contributed by atoms with van der Waals surface area (Å²) >= 11 is 0. The van der Waals surface area contributed by atoms with E-state index in [-0.39, 0.29) is 6.03 Å². The predicted octanol–water partition coefficient (Wildman–Crippen LogP) is 2.83. The summed E-state index contributed by atoms with van der Waals surface area (Å²) in [5.41, 5.74) is 1.69. The van der Waals surface area contributed by atoms with E-state index in [1.54, 1.807) is 12.5 Å². The Morgan fingerprint density at radius 3 is 3.00 bits per heavy atom. The van der Waals surface area contributed by atoms with E-state index in [9.17, 15) is 4.79 Å². The molecule has 112 valence electrons. The molecule has 2 aromatic rings. The van der Waals surface area contributed by atoms with Gasteiger partial charge in [0.15, 0.2) is 0 Å². The second-order valence-electron chi connectivity index (χ2n) is 4.45. The van der Waals surface area contributed by atoms with Gasteiger partial charge in [0.25, 0.3) is 0 Å². The number of aromatic nitrogens is 1. The summed E-state index contributed by atoms with van der Waals surface area (Å²) in [4.78, 5) is 11.8. The third-order valence-corrected chi connectivity index (χ3v) is 2.85. The Labute approximate surface area is 123 Å². The van der Waals surface area contributed by atoms with Crippen LogP contribution < -0.4 is 15.4 Å². The molecule has 0 bridgehead atoms. The number of amides is 2. The molecule has 21 heavy (non-hydrogen) atoms. The van der Waals surface area contributed by atoms with E-state index in [1.165, 1.54) is 0 Å². The fourth-order valence-corrected chi connectivity index (χ4v) is 1.86. The van der Waals surface area contributed by atoms with E-state index in [0.29, 0.717) is 24.6 Å². The number of nitrogens with one attached hydrogen (secondary N) is 2. The van der Waals surface area contributed by atoms with Crippen LogP contribution in [0.15, 0.2) is 41.2 Å². The average Bonchev–Trinajstić information content (AvgIpc) is 2.99. The van der Waals surface area contributed by atoms with E-state index in [4.69, 9.17) is 9.26 Å². The molecule has 2 N–H and O–H groups in total. The normalized spacial score (nSPS) is 10.1. The molecular weight excluding hydrogens is 270 g/mol. The first-order valence-corrected chi connectivity index (χ1v) is 6.94. The predicted molar refractivity (Wildman–Crippen MR) is 79.5 cm³/mol. The van der Waals surface area contributed by atoms with Gasteiger partial charge in [-0.25, -0.2) is 4.79 Å². The lowest BCUT2D eigenvalue weighted by Crippen LogP contribution is -2.29. The van der Waals surface area contributed by atoms with Crippen LogP contribution in [0, 0.1) is 0 Å². The number of nitrogens with zero attached hydrogens (tertiary/aromatic N) is 1. The number of ether oxygens (including phenoxy) is 1. The minimum absolute atomic E-state index is 0.243. The number of carbonyl (C=O) groups excluding carboxylic acids is 1. The van der Waals surface area contributed by atoms with Crippen molar-refractivity contribution >= 4 is 11.7 Å². The number of hydrogen-bond donors (Lipinski definition) is 2. The van der Waals surface area contributed by atoms with Crippen LogP contribution in [-0.4, -0.2) is 24.3 Å². The Hall–Kier alpha value is -2.50. The molecule has 0 saturated carbocycles. The van der Waals surface area contributed by atoms with E-state index in [2.05, 4.69) is 15.8 Å². The van der Waals surface area contributed by atoms with Crippen LogP contribution in [-0.2, 0) is 6.42 Å². The van der Waals surface area contributed by atoms with Gasteiger partial charge in [-0.2, -0.15) is 0 Å². The monoisotopic (exact) mass is 289 g/mol. The molecular formula is C15H19N3O3. The van der Waals surface area contributed by atoms with Gasteiger partial charge in [0.1, 0.15) is 12.0 Å². The zero-order valence-corrected chi connectivity index (χ0v) is 12.0. The number of aryl methyl sites for hydroxylation is 1. The van der Waals surface area contributed by atoms with Crippen molar-refractivity contribution < 1.29 is 14.1 Å². The van der Waals surface area contributed by atoms with Crippen molar-refractivity contribution in [1.29, 1.82) is 0 Å². The van der Waals surface area contributed by atoms with Gasteiger partial charge in [-0.1, -0.05) is 17.3 Å². The SMILES string of the molecule is CCOc1ccccc1NC(=O)NCCCc1cnoc1. The minimum Gasteiger partial charge on any atom is -0.492 e. The minimum atomic E-state index is -0.243. The molecule has 6 nitrogen and oxygen atoms in total. The summed E-state index contributed by atoms with van der Waals surface area (Å²) < 4.78 is 10.2. The lowest BCUT2D eigenvalue weighted by molar-refractivity contribution is 0.251. The van der Waals surface area contributed by atoms with Crippen LogP contribution in [0.25, 0.3) is 0 Å². The highest BCUT2D eigenvalue weighted by Gasteiger charge is 2.06. The van der Waals surface area contributed by atoms with Gasteiger partial charge in [0, 0.05) is 12.1 Å². The molecule has 0 fully saturated rings. The maximum Gasteiger partial charge on any atom is 0.319 e. The molecule has 2 rings (SSSR count). The van der Waals surface area contributed by atoms with Gasteiger partial charge in [-0.3, -0.25) is 0 Å². The lowest BCUT2D eigenvalue weighted by atomic mass is 10.2. The van der Waals surface area contributed by atoms with E-state index >= 15 is 0 Å². The van der Waals surface area contributed by atoms with E-state index in [0.717, 1.165) is 18.4 Å². The van der Waals surface area contributed by atoms with Crippen molar-refractivity contribution in [3.05, 3.63) is 42.3 Å². The number of hydrogen-bond acceptors (Lipinski definition) is 4. The lowest BCUT2D eigenvalue weighted by Gasteiger charge is -2.11. The number of para-hydroxylation sites is 2.